The number of aromatic nitrogens is 1. The molecule has 2 aromatic rings. The van der Waals surface area contributed by atoms with Gasteiger partial charge in [-0.05, 0) is 31.7 Å². The fraction of sp³-hybridized carbons (Fsp3) is 0.480. The number of carbonyl (C=O) groups is 2. The molecule has 0 radical (unpaired) electrons. The molecule has 1 aromatic heterocycles. The Morgan fingerprint density at radius 3 is 2.52 bits per heavy atom. The van der Waals surface area contributed by atoms with Gasteiger partial charge in [0.1, 0.15) is 12.1 Å². The number of methoxy groups -OCH3 is 1. The second kappa shape index (κ2) is 13.4. The number of amides is 1. The van der Waals surface area contributed by atoms with E-state index in [4.69, 9.17) is 14.2 Å². The summed E-state index contributed by atoms with van der Waals surface area (Å²) >= 11 is 0. The maximum Gasteiger partial charge on any atom is 0.328 e. The lowest BCUT2D eigenvalue weighted by Gasteiger charge is -2.26. The van der Waals surface area contributed by atoms with Crippen LogP contribution < -0.4 is 10.1 Å². The van der Waals surface area contributed by atoms with Crippen LogP contribution in [0.4, 0.5) is 0 Å². The highest BCUT2D eigenvalue weighted by Crippen LogP contribution is 2.27. The minimum Gasteiger partial charge on any atom is -0.503 e. The molecule has 8 heteroatoms. The number of hydrogen-bond donors (Lipinski definition) is 2. The molecule has 0 fully saturated rings. The van der Waals surface area contributed by atoms with Gasteiger partial charge in [0.25, 0.3) is 5.91 Å². The summed E-state index contributed by atoms with van der Waals surface area (Å²) in [5.74, 6) is -1.54. The fourth-order valence-corrected chi connectivity index (χ4v) is 3.34. The zero-order chi connectivity index (χ0) is 24.2. The third-order valence-electron chi connectivity index (χ3n) is 5.31. The minimum atomic E-state index is -0.888. The van der Waals surface area contributed by atoms with Gasteiger partial charge in [-0.3, -0.25) is 4.79 Å². The molecule has 3 atom stereocenters. The largest absolute Gasteiger partial charge is 0.503 e. The van der Waals surface area contributed by atoms with Crippen molar-refractivity contribution >= 4 is 11.9 Å². The Hall–Kier alpha value is -3.13. The topological polar surface area (TPSA) is 107 Å². The first-order valence-corrected chi connectivity index (χ1v) is 11.3. The second-order valence-electron chi connectivity index (χ2n) is 7.81. The van der Waals surface area contributed by atoms with Crippen molar-refractivity contribution in [1.29, 1.82) is 0 Å². The molecule has 2 N–H and O–H groups in total. The normalized spacial score (nSPS) is 13.6. The van der Waals surface area contributed by atoms with Gasteiger partial charge in [0.15, 0.2) is 17.2 Å². The van der Waals surface area contributed by atoms with Crippen molar-refractivity contribution in [2.75, 3.05) is 20.3 Å². The van der Waals surface area contributed by atoms with Crippen LogP contribution in [-0.4, -0.2) is 54.4 Å². The Labute approximate surface area is 195 Å². The van der Waals surface area contributed by atoms with Crippen molar-refractivity contribution in [2.24, 2.45) is 5.92 Å². The number of nitrogens with one attached hydrogen (secondary N) is 1. The molecule has 1 amide bonds. The Kier molecular flexibility index (Phi) is 10.6. The van der Waals surface area contributed by atoms with Crippen molar-refractivity contribution in [1.82, 2.24) is 10.3 Å². The summed E-state index contributed by atoms with van der Waals surface area (Å²) in [4.78, 5) is 29.4. The number of benzene rings is 1. The van der Waals surface area contributed by atoms with Gasteiger partial charge in [-0.15, -0.1) is 0 Å². The molecule has 0 aliphatic heterocycles. The smallest absolute Gasteiger partial charge is 0.328 e. The quantitative estimate of drug-likeness (QED) is 0.349. The molecule has 0 aliphatic rings. The summed E-state index contributed by atoms with van der Waals surface area (Å²) in [5.41, 5.74) is 0.911. The molecular formula is C25H34N2O6. The lowest BCUT2D eigenvalue weighted by molar-refractivity contribution is -0.154. The number of hydrogen-bond acceptors (Lipinski definition) is 7. The minimum absolute atomic E-state index is 0.0415. The van der Waals surface area contributed by atoms with Crippen molar-refractivity contribution in [2.45, 2.75) is 52.2 Å². The van der Waals surface area contributed by atoms with E-state index >= 15 is 0 Å². The van der Waals surface area contributed by atoms with E-state index < -0.39 is 24.0 Å². The van der Waals surface area contributed by atoms with Crippen molar-refractivity contribution in [3.8, 4) is 11.5 Å². The molecule has 0 saturated heterocycles. The SMILES string of the molecule is CCCOC[C@@H](Cc1ccccc1)[C@H](C)OC(=O)[C@H](CC)NC(=O)c1nccc(OC)c1O. The lowest BCUT2D eigenvalue weighted by atomic mass is 9.95. The monoisotopic (exact) mass is 458 g/mol. The Morgan fingerprint density at radius 2 is 1.88 bits per heavy atom. The van der Waals surface area contributed by atoms with Gasteiger partial charge in [-0.1, -0.05) is 44.2 Å². The van der Waals surface area contributed by atoms with E-state index in [0.29, 0.717) is 26.1 Å². The lowest BCUT2D eigenvalue weighted by Crippen LogP contribution is -2.44. The predicted octanol–water partition coefficient (Wildman–Crippen LogP) is 3.52. The first-order chi connectivity index (χ1) is 15.9. The number of carbonyl (C=O) groups excluding carboxylic acids is 2. The number of aromatic hydroxyl groups is 1. The highest BCUT2D eigenvalue weighted by Gasteiger charge is 2.28. The summed E-state index contributed by atoms with van der Waals surface area (Å²) < 4.78 is 16.5. The third kappa shape index (κ3) is 7.75. The van der Waals surface area contributed by atoms with Crippen LogP contribution in [0.2, 0.25) is 0 Å². The van der Waals surface area contributed by atoms with Gasteiger partial charge in [0.2, 0.25) is 0 Å². The van der Waals surface area contributed by atoms with Crippen molar-refractivity contribution in [3.05, 3.63) is 53.9 Å². The Bertz CT molecular complexity index is 890. The molecule has 0 bridgehead atoms. The molecule has 1 aromatic carbocycles. The van der Waals surface area contributed by atoms with Gasteiger partial charge in [0.05, 0.1) is 13.7 Å². The molecule has 0 saturated carbocycles. The highest BCUT2D eigenvalue weighted by molar-refractivity contribution is 5.97. The summed E-state index contributed by atoms with van der Waals surface area (Å²) in [6, 6.07) is 10.5. The van der Waals surface area contributed by atoms with E-state index in [-0.39, 0.29) is 23.1 Å². The van der Waals surface area contributed by atoms with Gasteiger partial charge in [-0.2, -0.15) is 0 Å². The summed E-state index contributed by atoms with van der Waals surface area (Å²) in [6.07, 6.45) is 2.84. The number of esters is 1. The standard InChI is InChI=1S/C25H34N2O6/c1-5-14-32-16-19(15-18-10-8-7-9-11-18)17(3)33-25(30)20(6-2)27-24(29)22-23(28)21(31-4)12-13-26-22/h7-13,17,19-20,28H,5-6,14-16H2,1-4H3,(H,27,29)/t17-,19+,20-/m0/s1. The average Bonchev–Trinajstić information content (AvgIpc) is 2.82. The van der Waals surface area contributed by atoms with Crippen LogP contribution in [0.5, 0.6) is 11.5 Å². The summed E-state index contributed by atoms with van der Waals surface area (Å²) in [5, 5.41) is 12.8. The molecule has 2 rings (SSSR count). The number of rotatable bonds is 13. The zero-order valence-corrected chi connectivity index (χ0v) is 19.7. The molecule has 0 unspecified atom stereocenters. The van der Waals surface area contributed by atoms with E-state index in [1.165, 1.54) is 19.4 Å². The first-order valence-electron chi connectivity index (χ1n) is 11.3. The van der Waals surface area contributed by atoms with E-state index in [9.17, 15) is 14.7 Å². The van der Waals surface area contributed by atoms with Crippen LogP contribution in [0, 0.1) is 5.92 Å². The molecule has 0 aliphatic carbocycles. The fourth-order valence-electron chi connectivity index (χ4n) is 3.34. The van der Waals surface area contributed by atoms with Gasteiger partial charge in [-0.25, -0.2) is 9.78 Å². The van der Waals surface area contributed by atoms with E-state index in [1.54, 1.807) is 6.92 Å². The highest BCUT2D eigenvalue weighted by atomic mass is 16.5. The predicted molar refractivity (Wildman–Crippen MR) is 124 cm³/mol. The number of pyridine rings is 1. The van der Waals surface area contributed by atoms with E-state index in [1.807, 2.05) is 44.2 Å². The molecular weight excluding hydrogens is 424 g/mol. The zero-order valence-electron chi connectivity index (χ0n) is 19.7. The molecule has 0 spiro atoms. The van der Waals surface area contributed by atoms with Gasteiger partial charge in [0, 0.05) is 24.8 Å². The maximum absolute atomic E-state index is 12.9. The van der Waals surface area contributed by atoms with Gasteiger partial charge >= 0.3 is 5.97 Å². The summed E-state index contributed by atoms with van der Waals surface area (Å²) in [6.45, 7) is 6.74. The third-order valence-corrected chi connectivity index (χ3v) is 5.31. The molecule has 180 valence electrons. The van der Waals surface area contributed by atoms with Crippen molar-refractivity contribution in [3.63, 3.8) is 0 Å². The van der Waals surface area contributed by atoms with E-state index in [2.05, 4.69) is 10.3 Å². The summed E-state index contributed by atoms with van der Waals surface area (Å²) in [7, 11) is 1.38. The van der Waals surface area contributed by atoms with Crippen LogP contribution >= 0.6 is 0 Å². The van der Waals surface area contributed by atoms with Gasteiger partial charge < -0.3 is 24.6 Å². The molecule has 33 heavy (non-hydrogen) atoms. The van der Waals surface area contributed by atoms with Crippen LogP contribution in [0.3, 0.4) is 0 Å². The van der Waals surface area contributed by atoms with Crippen LogP contribution in [0.1, 0.15) is 49.7 Å². The number of nitrogens with zero attached hydrogens (tertiary/aromatic N) is 1. The van der Waals surface area contributed by atoms with Crippen molar-refractivity contribution < 1.29 is 28.9 Å². The average molecular weight is 459 g/mol. The van der Waals surface area contributed by atoms with Crippen LogP contribution in [-0.2, 0) is 20.7 Å². The number of ether oxygens (including phenoxy) is 3. The molecule has 1 heterocycles. The Morgan fingerprint density at radius 1 is 1.15 bits per heavy atom. The Balaban J connectivity index is 2.05. The molecule has 8 nitrogen and oxygen atoms in total. The second-order valence-corrected chi connectivity index (χ2v) is 7.81. The van der Waals surface area contributed by atoms with Crippen LogP contribution in [0.25, 0.3) is 0 Å². The maximum atomic E-state index is 12.9. The van der Waals surface area contributed by atoms with E-state index in [0.717, 1.165) is 12.0 Å². The first kappa shape index (κ1) is 26.1. The van der Waals surface area contributed by atoms with Crippen LogP contribution in [0.15, 0.2) is 42.6 Å².